The first-order valence-corrected chi connectivity index (χ1v) is 12.9. The van der Waals surface area contributed by atoms with Gasteiger partial charge in [-0.05, 0) is 50.2 Å². The van der Waals surface area contributed by atoms with Gasteiger partial charge in [-0.2, -0.15) is 0 Å². The number of benzene rings is 2. The van der Waals surface area contributed by atoms with Crippen molar-refractivity contribution in [1.29, 1.82) is 0 Å². The van der Waals surface area contributed by atoms with Crippen LogP contribution in [0, 0.1) is 0 Å². The van der Waals surface area contributed by atoms with Crippen LogP contribution in [0.1, 0.15) is 30.6 Å². The molecule has 2 heterocycles. The summed E-state index contributed by atoms with van der Waals surface area (Å²) in [5, 5.41) is 2.98. The number of rotatable bonds is 7. The fourth-order valence-corrected chi connectivity index (χ4v) is 4.97. The van der Waals surface area contributed by atoms with Gasteiger partial charge in [0.05, 0.1) is 31.3 Å². The molecule has 2 aromatic carbocycles. The lowest BCUT2D eigenvalue weighted by atomic mass is 10.0. The quantitative estimate of drug-likeness (QED) is 0.616. The Morgan fingerprint density at radius 1 is 0.971 bits per heavy atom. The third-order valence-corrected chi connectivity index (χ3v) is 7.36. The van der Waals surface area contributed by atoms with E-state index in [0.717, 1.165) is 19.5 Å². The van der Waals surface area contributed by atoms with E-state index in [9.17, 15) is 13.2 Å². The SMILES string of the molecule is CC(C)(CNC(=O)c1ccc(NS(=O)(=O)c2ccc3c(c2)OCCCO3)cc1)N1CCOCC1. The van der Waals surface area contributed by atoms with Crippen LogP contribution in [0.2, 0.25) is 0 Å². The molecular weight excluding hydrogens is 458 g/mol. The number of nitrogens with zero attached hydrogens (tertiary/aromatic N) is 1. The molecule has 2 aromatic rings. The summed E-state index contributed by atoms with van der Waals surface area (Å²) in [5.41, 5.74) is 0.617. The normalized spacial score (nSPS) is 17.0. The van der Waals surface area contributed by atoms with Crippen LogP contribution < -0.4 is 19.5 Å². The molecule has 0 radical (unpaired) electrons. The zero-order chi connectivity index (χ0) is 24.2. The minimum atomic E-state index is -3.84. The molecule has 0 unspecified atom stereocenters. The summed E-state index contributed by atoms with van der Waals surface area (Å²) in [5.74, 6) is 0.731. The molecule has 9 nitrogen and oxygen atoms in total. The van der Waals surface area contributed by atoms with Crippen LogP contribution in [0.3, 0.4) is 0 Å². The summed E-state index contributed by atoms with van der Waals surface area (Å²) in [6.45, 7) is 8.74. The van der Waals surface area contributed by atoms with Gasteiger partial charge in [0.1, 0.15) is 0 Å². The van der Waals surface area contributed by atoms with Crippen molar-refractivity contribution < 1.29 is 27.4 Å². The lowest BCUT2D eigenvalue weighted by molar-refractivity contribution is -0.00923. The minimum Gasteiger partial charge on any atom is -0.490 e. The molecule has 0 bridgehead atoms. The molecule has 34 heavy (non-hydrogen) atoms. The van der Waals surface area contributed by atoms with Gasteiger partial charge in [-0.15, -0.1) is 0 Å². The smallest absolute Gasteiger partial charge is 0.262 e. The zero-order valence-electron chi connectivity index (χ0n) is 19.5. The molecule has 1 amide bonds. The van der Waals surface area contributed by atoms with Gasteiger partial charge >= 0.3 is 0 Å². The van der Waals surface area contributed by atoms with E-state index in [1.54, 1.807) is 30.3 Å². The van der Waals surface area contributed by atoms with Crippen LogP contribution in [-0.4, -0.2) is 70.8 Å². The van der Waals surface area contributed by atoms with Crippen LogP contribution >= 0.6 is 0 Å². The fraction of sp³-hybridized carbons (Fsp3) is 0.458. The summed E-state index contributed by atoms with van der Waals surface area (Å²) in [7, 11) is -3.84. The third kappa shape index (κ3) is 5.81. The van der Waals surface area contributed by atoms with E-state index in [-0.39, 0.29) is 16.3 Å². The Labute approximate surface area is 200 Å². The zero-order valence-corrected chi connectivity index (χ0v) is 20.3. The second-order valence-electron chi connectivity index (χ2n) is 8.94. The largest absolute Gasteiger partial charge is 0.490 e. The van der Waals surface area contributed by atoms with Crippen molar-refractivity contribution in [2.45, 2.75) is 30.7 Å². The van der Waals surface area contributed by atoms with Crippen LogP contribution in [0.25, 0.3) is 0 Å². The van der Waals surface area contributed by atoms with Gasteiger partial charge in [-0.3, -0.25) is 14.4 Å². The average Bonchev–Trinajstić information content (AvgIpc) is 3.08. The standard InChI is InChI=1S/C24H31N3O6S/c1-24(2,27-10-14-31-15-11-27)17-25-23(28)18-4-6-19(7-5-18)26-34(29,30)20-8-9-21-22(16-20)33-13-3-12-32-21/h4-9,16,26H,3,10-15,17H2,1-2H3,(H,25,28). The molecule has 1 saturated heterocycles. The molecule has 0 aromatic heterocycles. The number of anilines is 1. The van der Waals surface area contributed by atoms with E-state index < -0.39 is 10.0 Å². The number of nitrogens with one attached hydrogen (secondary N) is 2. The number of carbonyl (C=O) groups is 1. The van der Waals surface area contributed by atoms with E-state index in [1.807, 2.05) is 0 Å². The number of hydrogen-bond acceptors (Lipinski definition) is 7. The van der Waals surface area contributed by atoms with Crippen LogP contribution in [-0.2, 0) is 14.8 Å². The molecule has 1 fully saturated rings. The van der Waals surface area contributed by atoms with E-state index in [0.29, 0.717) is 55.7 Å². The molecule has 2 N–H and O–H groups in total. The molecule has 10 heteroatoms. The van der Waals surface area contributed by atoms with Gasteiger partial charge in [0.15, 0.2) is 11.5 Å². The molecule has 2 aliphatic heterocycles. The number of morpholine rings is 1. The molecule has 0 spiro atoms. The first-order chi connectivity index (χ1) is 16.2. The maximum absolute atomic E-state index is 12.9. The fourth-order valence-electron chi connectivity index (χ4n) is 3.89. The molecular formula is C24H31N3O6S. The van der Waals surface area contributed by atoms with E-state index in [2.05, 4.69) is 28.8 Å². The Bertz CT molecular complexity index is 1110. The summed E-state index contributed by atoms with van der Waals surface area (Å²) >= 11 is 0. The van der Waals surface area contributed by atoms with Crippen molar-refractivity contribution in [2.75, 3.05) is 50.8 Å². The van der Waals surface area contributed by atoms with Crippen molar-refractivity contribution in [1.82, 2.24) is 10.2 Å². The molecule has 0 atom stereocenters. The Morgan fingerprint density at radius 3 is 2.35 bits per heavy atom. The van der Waals surface area contributed by atoms with Crippen molar-refractivity contribution in [3.63, 3.8) is 0 Å². The van der Waals surface area contributed by atoms with E-state index >= 15 is 0 Å². The number of ether oxygens (including phenoxy) is 3. The van der Waals surface area contributed by atoms with Crippen molar-refractivity contribution in [2.24, 2.45) is 0 Å². The van der Waals surface area contributed by atoms with Crippen LogP contribution in [0.4, 0.5) is 5.69 Å². The maximum atomic E-state index is 12.9. The highest BCUT2D eigenvalue weighted by atomic mass is 32.2. The highest BCUT2D eigenvalue weighted by Crippen LogP contribution is 2.32. The second kappa shape index (κ2) is 10.2. The number of hydrogen-bond donors (Lipinski definition) is 2. The predicted molar refractivity (Wildman–Crippen MR) is 128 cm³/mol. The second-order valence-corrected chi connectivity index (χ2v) is 10.6. The van der Waals surface area contributed by atoms with E-state index in [1.165, 1.54) is 12.1 Å². The highest BCUT2D eigenvalue weighted by molar-refractivity contribution is 7.92. The monoisotopic (exact) mass is 489 g/mol. The third-order valence-electron chi connectivity index (χ3n) is 5.98. The Balaban J connectivity index is 1.37. The molecule has 184 valence electrons. The summed E-state index contributed by atoms with van der Waals surface area (Å²) < 4.78 is 44.8. The first kappa shape index (κ1) is 24.3. The van der Waals surface area contributed by atoms with E-state index in [4.69, 9.17) is 14.2 Å². The molecule has 4 rings (SSSR count). The first-order valence-electron chi connectivity index (χ1n) is 11.4. The number of sulfonamides is 1. The van der Waals surface area contributed by atoms with Gasteiger partial charge < -0.3 is 19.5 Å². The minimum absolute atomic E-state index is 0.0731. The van der Waals surface area contributed by atoms with Gasteiger partial charge in [-0.25, -0.2) is 8.42 Å². The lowest BCUT2D eigenvalue weighted by Gasteiger charge is -2.40. The molecule has 0 aliphatic carbocycles. The van der Waals surface area contributed by atoms with Gasteiger partial charge in [0.2, 0.25) is 0 Å². The predicted octanol–water partition coefficient (Wildman–Crippen LogP) is 2.49. The lowest BCUT2D eigenvalue weighted by Crippen LogP contribution is -2.55. The summed E-state index contributed by atoms with van der Waals surface area (Å²) in [6, 6.07) is 10.9. The molecule has 2 aliphatic rings. The Kier molecular flexibility index (Phi) is 7.30. The van der Waals surface area contributed by atoms with Gasteiger partial charge in [0, 0.05) is 48.9 Å². The number of carbonyl (C=O) groups excluding carboxylic acids is 1. The van der Waals surface area contributed by atoms with Crippen molar-refractivity contribution >= 4 is 21.6 Å². The van der Waals surface area contributed by atoms with Crippen molar-refractivity contribution in [3.05, 3.63) is 48.0 Å². The summed E-state index contributed by atoms with van der Waals surface area (Å²) in [6.07, 6.45) is 0.736. The average molecular weight is 490 g/mol. The maximum Gasteiger partial charge on any atom is 0.262 e. The van der Waals surface area contributed by atoms with Gasteiger partial charge in [-0.1, -0.05) is 0 Å². The van der Waals surface area contributed by atoms with Gasteiger partial charge in [0.25, 0.3) is 15.9 Å². The topological polar surface area (TPSA) is 106 Å². The Hall–Kier alpha value is -2.82. The van der Waals surface area contributed by atoms with Crippen molar-refractivity contribution in [3.8, 4) is 11.5 Å². The number of fused-ring (bicyclic) bond motifs is 1. The van der Waals surface area contributed by atoms with Crippen LogP contribution in [0.5, 0.6) is 11.5 Å². The highest BCUT2D eigenvalue weighted by Gasteiger charge is 2.28. The summed E-state index contributed by atoms with van der Waals surface area (Å²) in [4.78, 5) is 15.0. The number of amides is 1. The Morgan fingerprint density at radius 2 is 1.65 bits per heavy atom. The molecule has 0 saturated carbocycles. The van der Waals surface area contributed by atoms with Crippen LogP contribution in [0.15, 0.2) is 47.4 Å².